The second kappa shape index (κ2) is 8.20. The third-order valence-corrected chi connectivity index (χ3v) is 5.21. The van der Waals surface area contributed by atoms with E-state index in [1.165, 1.54) is 0 Å². The molecule has 138 valence electrons. The molecule has 0 saturated heterocycles. The molecule has 0 fully saturated rings. The first-order chi connectivity index (χ1) is 13.1. The average Bonchev–Trinajstić information content (AvgIpc) is 2.70. The van der Waals surface area contributed by atoms with Crippen LogP contribution in [-0.2, 0) is 6.42 Å². The summed E-state index contributed by atoms with van der Waals surface area (Å²) in [6, 6.07) is 15.5. The highest BCUT2D eigenvalue weighted by Gasteiger charge is 2.13. The molecule has 27 heavy (non-hydrogen) atoms. The Bertz CT molecular complexity index is 1040. The Balaban J connectivity index is 1.97. The molecular weight excluding hydrogens is 336 g/mol. The van der Waals surface area contributed by atoms with Crippen LogP contribution in [0, 0.1) is 18.3 Å². The van der Waals surface area contributed by atoms with Crippen LogP contribution >= 0.6 is 0 Å². The minimum atomic E-state index is -0.246. The standard InChI is InChI=1S/C23H24N2O2/c1-4-25(5-2)13-12-21-16(3)20-11-10-19(14-22(20)27-23(21)26)18-8-6-17(15-24)7-9-18/h6-11,14H,4-5,12-13H2,1-3H3. The SMILES string of the molecule is CCN(CC)CCc1c(C)c2ccc(-c3ccc(C#N)cc3)cc2oc1=O. The van der Waals surface area contributed by atoms with Gasteiger partial charge < -0.3 is 9.32 Å². The molecule has 0 N–H and O–H groups in total. The summed E-state index contributed by atoms with van der Waals surface area (Å²) in [5.74, 6) is 0. The molecule has 0 atom stereocenters. The second-order valence-corrected chi connectivity index (χ2v) is 6.67. The minimum Gasteiger partial charge on any atom is -0.422 e. The molecular formula is C23H24N2O2. The van der Waals surface area contributed by atoms with Crippen molar-refractivity contribution in [3.05, 3.63) is 69.6 Å². The average molecular weight is 360 g/mol. The number of nitriles is 1. The first-order valence-electron chi connectivity index (χ1n) is 9.36. The molecule has 0 bridgehead atoms. The highest BCUT2D eigenvalue weighted by Crippen LogP contribution is 2.27. The lowest BCUT2D eigenvalue weighted by Crippen LogP contribution is -2.27. The maximum Gasteiger partial charge on any atom is 0.339 e. The second-order valence-electron chi connectivity index (χ2n) is 6.67. The van der Waals surface area contributed by atoms with Gasteiger partial charge in [0.2, 0.25) is 0 Å². The largest absolute Gasteiger partial charge is 0.422 e. The number of benzene rings is 2. The Labute approximate surface area is 159 Å². The zero-order chi connectivity index (χ0) is 19.4. The van der Waals surface area contributed by atoms with Gasteiger partial charge in [0.05, 0.1) is 11.6 Å². The number of hydrogen-bond acceptors (Lipinski definition) is 4. The van der Waals surface area contributed by atoms with Gasteiger partial charge in [0.15, 0.2) is 0 Å². The Kier molecular flexibility index (Phi) is 5.73. The van der Waals surface area contributed by atoms with Crippen LogP contribution in [0.15, 0.2) is 51.7 Å². The molecule has 4 heteroatoms. The van der Waals surface area contributed by atoms with Crippen molar-refractivity contribution >= 4 is 11.0 Å². The van der Waals surface area contributed by atoms with Crippen molar-refractivity contribution in [3.63, 3.8) is 0 Å². The summed E-state index contributed by atoms with van der Waals surface area (Å²) >= 11 is 0. The number of fused-ring (bicyclic) bond motifs is 1. The Morgan fingerprint density at radius 3 is 2.33 bits per heavy atom. The molecule has 3 rings (SSSR count). The highest BCUT2D eigenvalue weighted by atomic mass is 16.4. The van der Waals surface area contributed by atoms with E-state index in [2.05, 4.69) is 24.8 Å². The van der Waals surface area contributed by atoms with Crippen LogP contribution in [0.25, 0.3) is 22.1 Å². The summed E-state index contributed by atoms with van der Waals surface area (Å²) < 4.78 is 5.65. The molecule has 0 radical (unpaired) electrons. The first kappa shape index (κ1) is 18.9. The van der Waals surface area contributed by atoms with Gasteiger partial charge in [-0.3, -0.25) is 0 Å². The summed E-state index contributed by atoms with van der Waals surface area (Å²) in [5.41, 5.74) is 4.70. The summed E-state index contributed by atoms with van der Waals surface area (Å²) in [4.78, 5) is 14.9. The van der Waals surface area contributed by atoms with Gasteiger partial charge in [-0.05, 0) is 61.3 Å². The molecule has 0 saturated carbocycles. The van der Waals surface area contributed by atoms with Gasteiger partial charge in [0.25, 0.3) is 0 Å². The number of aryl methyl sites for hydroxylation is 1. The molecule has 4 nitrogen and oxygen atoms in total. The number of hydrogen-bond donors (Lipinski definition) is 0. The third kappa shape index (κ3) is 3.94. The Morgan fingerprint density at radius 2 is 1.70 bits per heavy atom. The van der Waals surface area contributed by atoms with E-state index in [1.54, 1.807) is 12.1 Å². The van der Waals surface area contributed by atoms with Crippen LogP contribution in [0.1, 0.15) is 30.5 Å². The molecule has 1 heterocycles. The Hall–Kier alpha value is -2.90. The van der Waals surface area contributed by atoms with Crippen LogP contribution in [0.4, 0.5) is 0 Å². The fourth-order valence-electron chi connectivity index (χ4n) is 3.41. The molecule has 0 amide bonds. The summed E-state index contributed by atoms with van der Waals surface area (Å²) in [7, 11) is 0. The number of rotatable bonds is 6. The van der Waals surface area contributed by atoms with Crippen molar-refractivity contribution < 1.29 is 4.42 Å². The molecule has 0 aliphatic rings. The van der Waals surface area contributed by atoms with Gasteiger partial charge in [-0.15, -0.1) is 0 Å². The topological polar surface area (TPSA) is 57.2 Å². The van der Waals surface area contributed by atoms with E-state index < -0.39 is 0 Å². The highest BCUT2D eigenvalue weighted by molar-refractivity contribution is 5.85. The van der Waals surface area contributed by atoms with Gasteiger partial charge in [-0.1, -0.05) is 38.1 Å². The molecule has 2 aromatic carbocycles. The van der Waals surface area contributed by atoms with Gasteiger partial charge >= 0.3 is 5.63 Å². The lowest BCUT2D eigenvalue weighted by molar-refractivity contribution is 0.306. The van der Waals surface area contributed by atoms with E-state index in [0.29, 0.717) is 17.6 Å². The van der Waals surface area contributed by atoms with E-state index >= 15 is 0 Å². The lowest BCUT2D eigenvalue weighted by Gasteiger charge is -2.18. The number of nitrogens with zero attached hydrogens (tertiary/aromatic N) is 2. The zero-order valence-corrected chi connectivity index (χ0v) is 16.1. The minimum absolute atomic E-state index is 0.246. The number of likely N-dealkylation sites (N-methyl/N-ethyl adjacent to an activating group) is 1. The van der Waals surface area contributed by atoms with Crippen molar-refractivity contribution in [1.82, 2.24) is 4.90 Å². The quantitative estimate of drug-likeness (QED) is 0.606. The molecule has 0 aliphatic carbocycles. The summed E-state index contributed by atoms with van der Waals surface area (Å²) in [6.45, 7) is 9.06. The maximum atomic E-state index is 12.6. The summed E-state index contributed by atoms with van der Waals surface area (Å²) in [6.07, 6.45) is 0.698. The van der Waals surface area contributed by atoms with Crippen LogP contribution < -0.4 is 5.63 Å². The maximum absolute atomic E-state index is 12.6. The summed E-state index contributed by atoms with van der Waals surface area (Å²) in [5, 5.41) is 9.91. The predicted molar refractivity (Wildman–Crippen MR) is 109 cm³/mol. The monoisotopic (exact) mass is 360 g/mol. The Morgan fingerprint density at radius 1 is 1.04 bits per heavy atom. The fourth-order valence-corrected chi connectivity index (χ4v) is 3.41. The predicted octanol–water partition coefficient (Wildman–Crippen LogP) is 4.52. The van der Waals surface area contributed by atoms with Gasteiger partial charge in [0.1, 0.15) is 5.58 Å². The zero-order valence-electron chi connectivity index (χ0n) is 16.1. The van der Waals surface area contributed by atoms with E-state index in [-0.39, 0.29) is 5.63 Å². The van der Waals surface area contributed by atoms with Gasteiger partial charge in [-0.25, -0.2) is 4.79 Å². The normalized spacial score (nSPS) is 11.1. The van der Waals surface area contributed by atoms with E-state index in [9.17, 15) is 4.79 Å². The van der Waals surface area contributed by atoms with Crippen LogP contribution in [-0.4, -0.2) is 24.5 Å². The van der Waals surface area contributed by atoms with Crippen molar-refractivity contribution in [1.29, 1.82) is 5.26 Å². The van der Waals surface area contributed by atoms with Crippen LogP contribution in [0.3, 0.4) is 0 Å². The van der Waals surface area contributed by atoms with Gasteiger partial charge in [0, 0.05) is 17.5 Å². The van der Waals surface area contributed by atoms with E-state index in [1.807, 2.05) is 37.3 Å². The molecule has 0 spiro atoms. The third-order valence-electron chi connectivity index (χ3n) is 5.21. The van der Waals surface area contributed by atoms with Crippen molar-refractivity contribution in [2.45, 2.75) is 27.2 Å². The smallest absolute Gasteiger partial charge is 0.339 e. The van der Waals surface area contributed by atoms with Crippen molar-refractivity contribution in [2.24, 2.45) is 0 Å². The van der Waals surface area contributed by atoms with Crippen LogP contribution in [0.2, 0.25) is 0 Å². The van der Waals surface area contributed by atoms with Crippen LogP contribution in [0.5, 0.6) is 0 Å². The van der Waals surface area contributed by atoms with Gasteiger partial charge in [-0.2, -0.15) is 5.26 Å². The van der Waals surface area contributed by atoms with E-state index in [4.69, 9.17) is 9.68 Å². The molecule has 0 aliphatic heterocycles. The molecule has 0 unspecified atom stereocenters. The van der Waals surface area contributed by atoms with Crippen molar-refractivity contribution in [2.75, 3.05) is 19.6 Å². The van der Waals surface area contributed by atoms with E-state index in [0.717, 1.165) is 47.3 Å². The fraction of sp³-hybridized carbons (Fsp3) is 0.304. The lowest BCUT2D eigenvalue weighted by atomic mass is 9.99. The molecule has 3 aromatic rings. The first-order valence-corrected chi connectivity index (χ1v) is 9.36. The molecule has 1 aromatic heterocycles. The van der Waals surface area contributed by atoms with Crippen molar-refractivity contribution in [3.8, 4) is 17.2 Å².